The molecule has 3 rings (SSSR count). The number of carbonyl (C=O) groups is 1. The SMILES string of the molecule is Cc1ccc(C2CCCC(=O)N2c2ccccc2)cc1. The molecule has 2 aromatic carbocycles. The normalized spacial score (nSPS) is 19.1. The summed E-state index contributed by atoms with van der Waals surface area (Å²) in [6, 6.07) is 18.7. The Hall–Kier alpha value is -2.09. The second-order valence-corrected chi connectivity index (χ2v) is 5.42. The van der Waals surface area contributed by atoms with Crippen LogP contribution in [0.4, 0.5) is 5.69 Å². The molecule has 0 spiro atoms. The minimum Gasteiger partial charge on any atom is -0.305 e. The Kier molecular flexibility index (Phi) is 3.55. The monoisotopic (exact) mass is 265 g/mol. The molecule has 1 aliphatic rings. The number of para-hydroxylation sites is 1. The maximum Gasteiger partial charge on any atom is 0.227 e. The van der Waals surface area contributed by atoms with Gasteiger partial charge in [-0.15, -0.1) is 0 Å². The lowest BCUT2D eigenvalue weighted by molar-refractivity contribution is -0.120. The molecule has 1 unspecified atom stereocenters. The summed E-state index contributed by atoms with van der Waals surface area (Å²) in [5, 5.41) is 0. The van der Waals surface area contributed by atoms with Gasteiger partial charge in [0.25, 0.3) is 0 Å². The molecule has 1 heterocycles. The van der Waals surface area contributed by atoms with E-state index in [1.807, 2.05) is 35.2 Å². The van der Waals surface area contributed by atoms with Gasteiger partial charge in [-0.05, 0) is 37.5 Å². The molecule has 2 heteroatoms. The van der Waals surface area contributed by atoms with Crippen molar-refractivity contribution in [1.29, 1.82) is 0 Å². The molecule has 0 aliphatic carbocycles. The summed E-state index contributed by atoms with van der Waals surface area (Å²) in [6.07, 6.45) is 2.65. The number of amides is 1. The molecular formula is C18H19NO. The Bertz CT molecular complexity index is 589. The fraction of sp³-hybridized carbons (Fsp3) is 0.278. The van der Waals surface area contributed by atoms with Crippen molar-refractivity contribution in [3.05, 3.63) is 65.7 Å². The molecule has 102 valence electrons. The lowest BCUT2D eigenvalue weighted by atomic mass is 9.93. The van der Waals surface area contributed by atoms with E-state index in [9.17, 15) is 4.79 Å². The standard InChI is InChI=1S/C18H19NO/c1-14-10-12-15(13-11-14)17-8-5-9-18(20)19(17)16-6-3-2-4-7-16/h2-4,6-7,10-13,17H,5,8-9H2,1H3. The highest BCUT2D eigenvalue weighted by Gasteiger charge is 2.30. The Morgan fingerprint density at radius 3 is 2.40 bits per heavy atom. The van der Waals surface area contributed by atoms with Gasteiger partial charge in [-0.3, -0.25) is 4.79 Å². The van der Waals surface area contributed by atoms with Gasteiger partial charge in [-0.2, -0.15) is 0 Å². The van der Waals surface area contributed by atoms with Gasteiger partial charge in [0.15, 0.2) is 0 Å². The summed E-state index contributed by atoms with van der Waals surface area (Å²) in [5.41, 5.74) is 3.48. The van der Waals surface area contributed by atoms with Crippen molar-refractivity contribution in [3.63, 3.8) is 0 Å². The van der Waals surface area contributed by atoms with Gasteiger partial charge in [-0.1, -0.05) is 48.0 Å². The molecule has 0 N–H and O–H groups in total. The van der Waals surface area contributed by atoms with Crippen molar-refractivity contribution in [2.75, 3.05) is 4.90 Å². The van der Waals surface area contributed by atoms with Gasteiger partial charge in [0.1, 0.15) is 0 Å². The van der Waals surface area contributed by atoms with Crippen molar-refractivity contribution in [2.45, 2.75) is 32.2 Å². The van der Waals surface area contributed by atoms with E-state index < -0.39 is 0 Å². The van der Waals surface area contributed by atoms with Crippen molar-refractivity contribution < 1.29 is 4.79 Å². The lowest BCUT2D eigenvalue weighted by Gasteiger charge is -2.36. The first-order chi connectivity index (χ1) is 9.75. The zero-order valence-electron chi connectivity index (χ0n) is 11.8. The van der Waals surface area contributed by atoms with Gasteiger partial charge in [0, 0.05) is 12.1 Å². The molecule has 20 heavy (non-hydrogen) atoms. The first-order valence-electron chi connectivity index (χ1n) is 7.19. The number of nitrogens with zero attached hydrogens (tertiary/aromatic N) is 1. The zero-order chi connectivity index (χ0) is 13.9. The van der Waals surface area contributed by atoms with E-state index >= 15 is 0 Å². The summed E-state index contributed by atoms with van der Waals surface area (Å²) in [6.45, 7) is 2.09. The number of piperidine rings is 1. The van der Waals surface area contributed by atoms with Crippen LogP contribution in [-0.4, -0.2) is 5.91 Å². The first-order valence-corrected chi connectivity index (χ1v) is 7.19. The van der Waals surface area contributed by atoms with Gasteiger partial charge in [0.2, 0.25) is 5.91 Å². The van der Waals surface area contributed by atoms with E-state index in [1.54, 1.807) is 0 Å². The van der Waals surface area contributed by atoms with Crippen LogP contribution in [0, 0.1) is 6.92 Å². The van der Waals surface area contributed by atoms with E-state index in [2.05, 4.69) is 31.2 Å². The predicted octanol–water partition coefficient (Wildman–Crippen LogP) is 4.25. The summed E-state index contributed by atoms with van der Waals surface area (Å²) in [5.74, 6) is 0.230. The van der Waals surface area contributed by atoms with Crippen LogP contribution in [0.25, 0.3) is 0 Å². The van der Waals surface area contributed by atoms with E-state index in [4.69, 9.17) is 0 Å². The number of hydrogen-bond donors (Lipinski definition) is 0. The summed E-state index contributed by atoms with van der Waals surface area (Å²) in [4.78, 5) is 14.3. The third-order valence-electron chi connectivity index (χ3n) is 3.95. The molecule has 2 aromatic rings. The molecule has 1 atom stereocenters. The van der Waals surface area contributed by atoms with Crippen molar-refractivity contribution in [1.82, 2.24) is 0 Å². The second-order valence-electron chi connectivity index (χ2n) is 5.42. The van der Waals surface area contributed by atoms with Crippen molar-refractivity contribution in [2.24, 2.45) is 0 Å². The van der Waals surface area contributed by atoms with Crippen LogP contribution in [0.15, 0.2) is 54.6 Å². The van der Waals surface area contributed by atoms with E-state index in [-0.39, 0.29) is 11.9 Å². The van der Waals surface area contributed by atoms with Gasteiger partial charge < -0.3 is 4.90 Å². The Morgan fingerprint density at radius 2 is 1.70 bits per heavy atom. The highest BCUT2D eigenvalue weighted by molar-refractivity contribution is 5.94. The van der Waals surface area contributed by atoms with Crippen LogP contribution in [0.5, 0.6) is 0 Å². The number of anilines is 1. The lowest BCUT2D eigenvalue weighted by Crippen LogP contribution is -2.38. The molecule has 0 bridgehead atoms. The maximum atomic E-state index is 12.4. The molecule has 1 saturated heterocycles. The maximum absolute atomic E-state index is 12.4. The first kappa shape index (κ1) is 12.9. The third-order valence-corrected chi connectivity index (χ3v) is 3.95. The summed E-state index contributed by atoms with van der Waals surface area (Å²) in [7, 11) is 0. The third kappa shape index (κ3) is 2.46. The fourth-order valence-corrected chi connectivity index (χ4v) is 2.89. The summed E-state index contributed by atoms with van der Waals surface area (Å²) < 4.78 is 0. The van der Waals surface area contributed by atoms with Gasteiger partial charge in [0.05, 0.1) is 6.04 Å². The zero-order valence-corrected chi connectivity index (χ0v) is 11.8. The van der Waals surface area contributed by atoms with Crippen LogP contribution in [0.3, 0.4) is 0 Å². The van der Waals surface area contributed by atoms with Gasteiger partial charge in [-0.25, -0.2) is 0 Å². The number of aryl methyl sites for hydroxylation is 1. The Labute approximate surface area is 120 Å². The molecular weight excluding hydrogens is 246 g/mol. The largest absolute Gasteiger partial charge is 0.305 e. The molecule has 0 saturated carbocycles. The van der Waals surface area contributed by atoms with E-state index in [0.29, 0.717) is 6.42 Å². The Balaban J connectivity index is 1.98. The van der Waals surface area contributed by atoms with Crippen LogP contribution in [0.2, 0.25) is 0 Å². The smallest absolute Gasteiger partial charge is 0.227 e. The highest BCUT2D eigenvalue weighted by atomic mass is 16.2. The van der Waals surface area contributed by atoms with Crippen molar-refractivity contribution in [3.8, 4) is 0 Å². The predicted molar refractivity (Wildman–Crippen MR) is 81.7 cm³/mol. The van der Waals surface area contributed by atoms with Gasteiger partial charge >= 0.3 is 0 Å². The second kappa shape index (κ2) is 5.49. The topological polar surface area (TPSA) is 20.3 Å². The summed E-state index contributed by atoms with van der Waals surface area (Å²) >= 11 is 0. The van der Waals surface area contributed by atoms with E-state index in [1.165, 1.54) is 11.1 Å². The molecule has 1 fully saturated rings. The molecule has 1 aliphatic heterocycles. The number of carbonyl (C=O) groups excluding carboxylic acids is 1. The van der Waals surface area contributed by atoms with Crippen LogP contribution in [0.1, 0.15) is 36.4 Å². The minimum atomic E-state index is 0.166. The van der Waals surface area contributed by atoms with Crippen LogP contribution < -0.4 is 4.90 Å². The molecule has 0 aromatic heterocycles. The quantitative estimate of drug-likeness (QED) is 0.794. The molecule has 2 nitrogen and oxygen atoms in total. The minimum absolute atomic E-state index is 0.166. The fourth-order valence-electron chi connectivity index (χ4n) is 2.89. The van der Waals surface area contributed by atoms with Crippen LogP contribution >= 0.6 is 0 Å². The van der Waals surface area contributed by atoms with Crippen LogP contribution in [-0.2, 0) is 4.79 Å². The van der Waals surface area contributed by atoms with Crippen molar-refractivity contribution >= 4 is 11.6 Å². The number of rotatable bonds is 2. The average Bonchev–Trinajstić information content (AvgIpc) is 2.49. The highest BCUT2D eigenvalue weighted by Crippen LogP contribution is 2.35. The Morgan fingerprint density at radius 1 is 1.00 bits per heavy atom. The molecule has 1 amide bonds. The average molecular weight is 265 g/mol. The van der Waals surface area contributed by atoms with E-state index in [0.717, 1.165) is 18.5 Å². The number of benzene rings is 2. The number of hydrogen-bond acceptors (Lipinski definition) is 1. The molecule has 0 radical (unpaired) electrons.